The van der Waals surface area contributed by atoms with Crippen LogP contribution < -0.4 is 0 Å². The summed E-state index contributed by atoms with van der Waals surface area (Å²) in [5, 5.41) is 9.09. The van der Waals surface area contributed by atoms with Gasteiger partial charge >= 0.3 is 0 Å². The van der Waals surface area contributed by atoms with Crippen LogP contribution in [0.1, 0.15) is 30.5 Å². The second-order valence-corrected chi connectivity index (χ2v) is 8.79. The van der Waals surface area contributed by atoms with E-state index in [0.717, 1.165) is 17.6 Å². The number of hydrogen-bond acceptors (Lipinski definition) is 8. The number of benzene rings is 1. The zero-order valence-corrected chi connectivity index (χ0v) is 18.0. The van der Waals surface area contributed by atoms with E-state index in [4.69, 9.17) is 17.5 Å². The van der Waals surface area contributed by atoms with Crippen LogP contribution in [0.2, 0.25) is 5.28 Å². The molecule has 3 heterocycles. The van der Waals surface area contributed by atoms with Gasteiger partial charge < -0.3 is 9.47 Å². The second-order valence-electron chi connectivity index (χ2n) is 6.23. The summed E-state index contributed by atoms with van der Waals surface area (Å²) in [7, 11) is -3.67. The van der Waals surface area contributed by atoms with Crippen molar-refractivity contribution in [3.05, 3.63) is 46.7 Å². The molecule has 1 amide bonds. The molecule has 0 radical (unpaired) electrons. The fraction of sp³-hybridized carbons (Fsp3) is 0.312. The van der Waals surface area contributed by atoms with Crippen LogP contribution in [0.15, 0.2) is 24.2 Å². The Hall–Kier alpha value is -2.48. The Morgan fingerprint density at radius 1 is 1.37 bits per heavy atom. The van der Waals surface area contributed by atoms with Crippen molar-refractivity contribution in [1.29, 1.82) is 0 Å². The van der Waals surface area contributed by atoms with Crippen LogP contribution in [-0.2, 0) is 16.7 Å². The molecule has 0 saturated carbocycles. The van der Waals surface area contributed by atoms with Gasteiger partial charge in [-0.3, -0.25) is 9.35 Å². The summed E-state index contributed by atoms with van der Waals surface area (Å²) >= 11 is 6.92. The Bertz CT molecular complexity index is 1230. The molecule has 0 aliphatic carbocycles. The minimum atomic E-state index is -3.67. The summed E-state index contributed by atoms with van der Waals surface area (Å²) in [4.78, 5) is 18.5. The summed E-state index contributed by atoms with van der Waals surface area (Å²) in [5.41, 5.74) is 0.271. The quantitative estimate of drug-likeness (QED) is 0.558. The van der Waals surface area contributed by atoms with Crippen LogP contribution in [0, 0.1) is 5.82 Å². The SMILES string of the molecule is CS(=O)(=O)O.[2H]c1cc(C(=O)N2CCn3c(-c4nc(Cl)ns4)nnc3C2C)ccc1F. The second kappa shape index (κ2) is 8.71. The number of rotatable bonds is 2. The molecule has 0 fully saturated rings. The first-order valence-corrected chi connectivity index (χ1v) is 11.4. The molecule has 160 valence electrons. The molecular formula is C16H16ClFN6O4S2. The Balaban J connectivity index is 0.000000491. The molecule has 10 nitrogen and oxygen atoms in total. The fourth-order valence-electron chi connectivity index (χ4n) is 2.82. The highest BCUT2D eigenvalue weighted by Crippen LogP contribution is 2.30. The highest BCUT2D eigenvalue weighted by Gasteiger charge is 2.32. The van der Waals surface area contributed by atoms with Gasteiger partial charge in [0, 0.05) is 18.7 Å². The van der Waals surface area contributed by atoms with Gasteiger partial charge in [-0.2, -0.15) is 12.8 Å². The average molecular weight is 476 g/mol. The molecule has 0 saturated heterocycles. The van der Waals surface area contributed by atoms with E-state index in [1.807, 2.05) is 11.5 Å². The summed E-state index contributed by atoms with van der Waals surface area (Å²) in [6.45, 7) is 2.76. The van der Waals surface area contributed by atoms with Crippen LogP contribution in [0.4, 0.5) is 4.39 Å². The first-order chi connectivity index (χ1) is 14.5. The van der Waals surface area contributed by atoms with Crippen molar-refractivity contribution >= 4 is 39.2 Å². The van der Waals surface area contributed by atoms with Crippen LogP contribution >= 0.6 is 23.1 Å². The molecule has 0 bridgehead atoms. The maximum atomic E-state index is 13.3. The molecule has 1 aliphatic heterocycles. The monoisotopic (exact) mass is 475 g/mol. The smallest absolute Gasteiger partial charge is 0.261 e. The van der Waals surface area contributed by atoms with Gasteiger partial charge in [-0.25, -0.2) is 9.37 Å². The number of amides is 1. The van der Waals surface area contributed by atoms with Crippen molar-refractivity contribution in [1.82, 2.24) is 29.0 Å². The molecule has 4 rings (SSSR count). The molecule has 1 N–H and O–H groups in total. The number of carbonyl (C=O) groups excluding carboxylic acids is 1. The molecule has 0 spiro atoms. The lowest BCUT2D eigenvalue weighted by molar-refractivity contribution is 0.0638. The average Bonchev–Trinajstić information content (AvgIpc) is 3.29. The third-order valence-electron chi connectivity index (χ3n) is 4.06. The number of carbonyl (C=O) groups is 1. The first kappa shape index (κ1) is 20.8. The van der Waals surface area contributed by atoms with Gasteiger partial charge in [-0.15, -0.1) is 10.2 Å². The number of hydrogen-bond donors (Lipinski definition) is 1. The lowest BCUT2D eigenvalue weighted by Crippen LogP contribution is -2.41. The van der Waals surface area contributed by atoms with Gasteiger partial charge in [0.15, 0.2) is 16.7 Å². The van der Waals surface area contributed by atoms with Crippen molar-refractivity contribution < 1.29 is 23.5 Å². The Morgan fingerprint density at radius 2 is 2.07 bits per heavy atom. The summed E-state index contributed by atoms with van der Waals surface area (Å²) in [6, 6.07) is 3.11. The van der Waals surface area contributed by atoms with E-state index in [0.29, 0.717) is 36.0 Å². The Kier molecular flexibility index (Phi) is 6.04. The van der Waals surface area contributed by atoms with E-state index in [1.165, 1.54) is 12.1 Å². The largest absolute Gasteiger partial charge is 0.327 e. The standard InChI is InChI=1S/C15H12ClFN6OS.CH4O3S/c1-8-11-19-20-12(13-18-15(16)21-25-13)23(11)7-6-22(8)14(24)9-2-4-10(17)5-3-9;1-5(2,3)4/h2-5,8H,6-7H2,1H3;1H3,(H,2,3,4)/i4D;. The Labute approximate surface area is 181 Å². The van der Waals surface area contributed by atoms with Crippen molar-refractivity contribution in [3.63, 3.8) is 0 Å². The van der Waals surface area contributed by atoms with E-state index < -0.39 is 15.9 Å². The van der Waals surface area contributed by atoms with E-state index in [1.54, 1.807) is 4.90 Å². The molecule has 2 aromatic heterocycles. The maximum absolute atomic E-state index is 13.3. The lowest BCUT2D eigenvalue weighted by atomic mass is 10.1. The third-order valence-corrected chi connectivity index (χ3v) is 5.04. The van der Waals surface area contributed by atoms with Gasteiger partial charge in [0.05, 0.1) is 13.7 Å². The van der Waals surface area contributed by atoms with E-state index in [9.17, 15) is 17.6 Å². The van der Waals surface area contributed by atoms with Crippen LogP contribution in [0.5, 0.6) is 0 Å². The highest BCUT2D eigenvalue weighted by molar-refractivity contribution is 7.85. The van der Waals surface area contributed by atoms with Crippen molar-refractivity contribution in [2.24, 2.45) is 0 Å². The van der Waals surface area contributed by atoms with Crippen LogP contribution in [0.25, 0.3) is 10.8 Å². The maximum Gasteiger partial charge on any atom is 0.261 e. The van der Waals surface area contributed by atoms with Gasteiger partial charge in [-0.05, 0) is 54.3 Å². The van der Waals surface area contributed by atoms with E-state index in [-0.39, 0.29) is 28.8 Å². The number of nitrogens with zero attached hydrogens (tertiary/aromatic N) is 6. The summed E-state index contributed by atoms with van der Waals surface area (Å²) in [6.07, 6.45) is 0.715. The third kappa shape index (κ3) is 5.16. The highest BCUT2D eigenvalue weighted by atomic mass is 35.5. The summed E-state index contributed by atoms with van der Waals surface area (Å²) < 4.78 is 52.5. The molecule has 1 unspecified atom stereocenters. The molecule has 14 heteroatoms. The minimum absolute atomic E-state index is 0.158. The number of aromatic nitrogens is 5. The topological polar surface area (TPSA) is 131 Å². The fourth-order valence-corrected chi connectivity index (χ4v) is 3.62. The lowest BCUT2D eigenvalue weighted by Gasteiger charge is -2.33. The summed E-state index contributed by atoms with van der Waals surface area (Å²) in [5.74, 6) is 0.256. The molecule has 3 aromatic rings. The van der Waals surface area contributed by atoms with Crippen molar-refractivity contribution in [3.8, 4) is 10.8 Å². The first-order valence-electron chi connectivity index (χ1n) is 8.88. The van der Waals surface area contributed by atoms with Crippen LogP contribution in [-0.4, -0.2) is 60.7 Å². The molecular weight excluding hydrogens is 459 g/mol. The molecule has 1 aromatic carbocycles. The van der Waals surface area contributed by atoms with Gasteiger partial charge in [0.25, 0.3) is 16.0 Å². The molecule has 1 atom stereocenters. The molecule has 1 aliphatic rings. The van der Waals surface area contributed by atoms with Gasteiger partial charge in [-0.1, -0.05) is 0 Å². The number of fused-ring (bicyclic) bond motifs is 1. The van der Waals surface area contributed by atoms with Crippen molar-refractivity contribution in [2.45, 2.75) is 19.5 Å². The normalized spacial score (nSPS) is 16.4. The van der Waals surface area contributed by atoms with Crippen molar-refractivity contribution in [2.75, 3.05) is 12.8 Å². The van der Waals surface area contributed by atoms with Crippen LogP contribution in [0.3, 0.4) is 0 Å². The zero-order chi connectivity index (χ0) is 22.9. The minimum Gasteiger partial charge on any atom is -0.327 e. The predicted molar refractivity (Wildman–Crippen MR) is 107 cm³/mol. The van der Waals surface area contributed by atoms with Gasteiger partial charge in [0.1, 0.15) is 5.82 Å². The number of halogens is 2. The van der Waals surface area contributed by atoms with E-state index >= 15 is 0 Å². The molecule has 30 heavy (non-hydrogen) atoms. The van der Waals surface area contributed by atoms with E-state index in [2.05, 4.69) is 19.6 Å². The van der Waals surface area contributed by atoms with Gasteiger partial charge in [0.2, 0.25) is 5.28 Å². The zero-order valence-electron chi connectivity index (χ0n) is 16.7. The predicted octanol–water partition coefficient (Wildman–Crippen LogP) is 2.31. The Morgan fingerprint density at radius 3 is 2.67 bits per heavy atom.